The van der Waals surface area contributed by atoms with Gasteiger partial charge in [0.05, 0.1) is 0 Å². The zero-order chi connectivity index (χ0) is 10.6. The van der Waals surface area contributed by atoms with Gasteiger partial charge >= 0.3 is 0 Å². The number of ether oxygens (including phenoxy) is 1. The first-order valence-electron chi connectivity index (χ1n) is 4.38. The molecule has 3 nitrogen and oxygen atoms in total. The molecule has 1 aromatic rings. The van der Waals surface area contributed by atoms with Gasteiger partial charge in [-0.2, -0.15) is 0 Å². The fourth-order valence-corrected chi connectivity index (χ4v) is 1.20. The molecule has 0 aliphatic heterocycles. The van der Waals surface area contributed by atoms with Gasteiger partial charge in [-0.05, 0) is 17.7 Å². The molecule has 3 N–H and O–H groups in total. The number of methoxy groups -OCH3 is 1. The second kappa shape index (κ2) is 4.67. The zero-order valence-corrected chi connectivity index (χ0v) is 8.23. The Bertz CT molecular complexity index is 306. The SMILES string of the molecule is C=C(O)C(Cc1ccc(N)cc1)OC. The van der Waals surface area contributed by atoms with Crippen LogP contribution in [-0.4, -0.2) is 18.3 Å². The summed E-state index contributed by atoms with van der Waals surface area (Å²) >= 11 is 0. The predicted molar refractivity (Wildman–Crippen MR) is 57.1 cm³/mol. The maximum atomic E-state index is 9.18. The minimum absolute atomic E-state index is 0.0457. The molecule has 0 saturated carbocycles. The van der Waals surface area contributed by atoms with Crippen LogP contribution in [0.2, 0.25) is 0 Å². The Morgan fingerprint density at radius 3 is 2.50 bits per heavy atom. The second-order valence-electron chi connectivity index (χ2n) is 3.16. The summed E-state index contributed by atoms with van der Waals surface area (Å²) in [5.41, 5.74) is 7.34. The van der Waals surface area contributed by atoms with Crippen molar-refractivity contribution in [2.24, 2.45) is 0 Å². The van der Waals surface area contributed by atoms with Gasteiger partial charge in [0.25, 0.3) is 0 Å². The fraction of sp³-hybridized carbons (Fsp3) is 0.273. The van der Waals surface area contributed by atoms with Crippen molar-refractivity contribution in [1.82, 2.24) is 0 Å². The molecule has 0 spiro atoms. The number of hydrogen-bond acceptors (Lipinski definition) is 3. The third-order valence-electron chi connectivity index (χ3n) is 2.06. The number of hydrogen-bond donors (Lipinski definition) is 2. The number of rotatable bonds is 4. The molecular formula is C11H15NO2. The highest BCUT2D eigenvalue weighted by Crippen LogP contribution is 2.12. The Hall–Kier alpha value is -1.48. The first-order chi connectivity index (χ1) is 6.63. The zero-order valence-electron chi connectivity index (χ0n) is 8.23. The molecule has 0 aliphatic rings. The van der Waals surface area contributed by atoms with Gasteiger partial charge in [-0.3, -0.25) is 0 Å². The van der Waals surface area contributed by atoms with E-state index in [0.29, 0.717) is 6.42 Å². The van der Waals surface area contributed by atoms with E-state index in [1.165, 1.54) is 0 Å². The number of anilines is 1. The molecule has 0 heterocycles. The van der Waals surface area contributed by atoms with Gasteiger partial charge < -0.3 is 15.6 Å². The summed E-state index contributed by atoms with van der Waals surface area (Å²) in [7, 11) is 1.55. The minimum atomic E-state index is -0.348. The van der Waals surface area contributed by atoms with E-state index in [4.69, 9.17) is 10.5 Å². The van der Waals surface area contributed by atoms with Gasteiger partial charge in [-0.15, -0.1) is 0 Å². The Labute approximate surface area is 83.8 Å². The van der Waals surface area contributed by atoms with Gasteiger partial charge in [0, 0.05) is 19.2 Å². The molecule has 76 valence electrons. The van der Waals surface area contributed by atoms with Crippen molar-refractivity contribution >= 4 is 5.69 Å². The van der Waals surface area contributed by atoms with Crippen LogP contribution in [0, 0.1) is 0 Å². The number of aliphatic hydroxyl groups is 1. The third kappa shape index (κ3) is 2.78. The van der Waals surface area contributed by atoms with Gasteiger partial charge in [-0.25, -0.2) is 0 Å². The van der Waals surface area contributed by atoms with Crippen LogP contribution in [0.5, 0.6) is 0 Å². The van der Waals surface area contributed by atoms with E-state index in [-0.39, 0.29) is 11.9 Å². The normalized spacial score (nSPS) is 12.4. The summed E-state index contributed by atoms with van der Waals surface area (Å²) in [6.45, 7) is 3.45. The number of aliphatic hydroxyl groups excluding tert-OH is 1. The average Bonchev–Trinajstić information content (AvgIpc) is 2.16. The van der Waals surface area contributed by atoms with E-state index < -0.39 is 0 Å². The molecular weight excluding hydrogens is 178 g/mol. The van der Waals surface area contributed by atoms with Crippen molar-refractivity contribution in [1.29, 1.82) is 0 Å². The highest BCUT2D eigenvalue weighted by molar-refractivity contribution is 5.39. The first-order valence-corrected chi connectivity index (χ1v) is 4.38. The van der Waals surface area contributed by atoms with Crippen molar-refractivity contribution in [3.63, 3.8) is 0 Å². The fourth-order valence-electron chi connectivity index (χ4n) is 1.20. The number of nitrogens with two attached hydrogens (primary N) is 1. The summed E-state index contributed by atoms with van der Waals surface area (Å²) in [6.07, 6.45) is 0.255. The lowest BCUT2D eigenvalue weighted by Crippen LogP contribution is -2.16. The lowest BCUT2D eigenvalue weighted by Gasteiger charge is -2.13. The summed E-state index contributed by atoms with van der Waals surface area (Å²) in [4.78, 5) is 0. The van der Waals surface area contributed by atoms with E-state index in [2.05, 4.69) is 6.58 Å². The van der Waals surface area contributed by atoms with Crippen molar-refractivity contribution < 1.29 is 9.84 Å². The molecule has 3 heteroatoms. The Kier molecular flexibility index (Phi) is 3.54. The summed E-state index contributed by atoms with van der Waals surface area (Å²) in [5, 5.41) is 9.18. The molecule has 0 saturated heterocycles. The van der Waals surface area contributed by atoms with Gasteiger partial charge in [0.1, 0.15) is 11.9 Å². The van der Waals surface area contributed by atoms with Crippen molar-refractivity contribution in [2.45, 2.75) is 12.5 Å². The van der Waals surface area contributed by atoms with E-state index >= 15 is 0 Å². The van der Waals surface area contributed by atoms with Crippen LogP contribution in [0.4, 0.5) is 5.69 Å². The number of benzene rings is 1. The van der Waals surface area contributed by atoms with E-state index in [1.54, 1.807) is 7.11 Å². The Morgan fingerprint density at radius 2 is 2.07 bits per heavy atom. The molecule has 0 aromatic heterocycles. The minimum Gasteiger partial charge on any atom is -0.510 e. The molecule has 0 fully saturated rings. The van der Waals surface area contributed by atoms with Crippen molar-refractivity contribution in [3.05, 3.63) is 42.2 Å². The van der Waals surface area contributed by atoms with Crippen LogP contribution >= 0.6 is 0 Å². The van der Waals surface area contributed by atoms with Crippen LogP contribution in [-0.2, 0) is 11.2 Å². The van der Waals surface area contributed by atoms with E-state index in [9.17, 15) is 5.11 Å². The van der Waals surface area contributed by atoms with E-state index in [1.807, 2.05) is 24.3 Å². The largest absolute Gasteiger partial charge is 0.510 e. The van der Waals surface area contributed by atoms with Crippen molar-refractivity contribution in [3.8, 4) is 0 Å². The smallest absolute Gasteiger partial charge is 0.117 e. The number of nitrogen functional groups attached to an aromatic ring is 1. The maximum Gasteiger partial charge on any atom is 0.117 e. The quantitative estimate of drug-likeness (QED) is 0.567. The maximum absolute atomic E-state index is 9.18. The standard InChI is InChI=1S/C11H15NO2/c1-8(13)11(14-2)7-9-3-5-10(12)6-4-9/h3-6,11,13H,1,7,12H2,2H3. The Morgan fingerprint density at radius 1 is 1.50 bits per heavy atom. The van der Waals surface area contributed by atoms with Crippen LogP contribution in [0.15, 0.2) is 36.6 Å². The molecule has 1 aromatic carbocycles. The average molecular weight is 193 g/mol. The predicted octanol–water partition coefficient (Wildman–Crippen LogP) is 1.90. The molecule has 1 rings (SSSR count). The first kappa shape index (κ1) is 10.6. The Balaban J connectivity index is 2.67. The van der Waals surface area contributed by atoms with Crippen LogP contribution < -0.4 is 5.73 Å². The van der Waals surface area contributed by atoms with Gasteiger partial charge in [0.2, 0.25) is 0 Å². The lowest BCUT2D eigenvalue weighted by atomic mass is 10.1. The lowest BCUT2D eigenvalue weighted by molar-refractivity contribution is 0.0945. The van der Waals surface area contributed by atoms with Crippen molar-refractivity contribution in [2.75, 3.05) is 12.8 Å². The van der Waals surface area contributed by atoms with Crippen LogP contribution in [0.25, 0.3) is 0 Å². The monoisotopic (exact) mass is 193 g/mol. The summed E-state index contributed by atoms with van der Waals surface area (Å²) < 4.78 is 5.07. The second-order valence-corrected chi connectivity index (χ2v) is 3.16. The molecule has 1 unspecified atom stereocenters. The summed E-state index contributed by atoms with van der Waals surface area (Å²) in [5.74, 6) is 0.0457. The highest BCUT2D eigenvalue weighted by Gasteiger charge is 2.10. The van der Waals surface area contributed by atoms with Crippen LogP contribution in [0.3, 0.4) is 0 Å². The molecule has 0 aliphatic carbocycles. The van der Waals surface area contributed by atoms with Crippen LogP contribution in [0.1, 0.15) is 5.56 Å². The molecule has 0 amide bonds. The van der Waals surface area contributed by atoms with Gasteiger partial charge in [0.15, 0.2) is 0 Å². The van der Waals surface area contributed by atoms with E-state index in [0.717, 1.165) is 11.3 Å². The molecule has 0 bridgehead atoms. The molecule has 0 radical (unpaired) electrons. The summed E-state index contributed by atoms with van der Waals surface area (Å²) in [6, 6.07) is 7.46. The topological polar surface area (TPSA) is 55.5 Å². The molecule has 14 heavy (non-hydrogen) atoms. The van der Waals surface area contributed by atoms with Gasteiger partial charge in [-0.1, -0.05) is 18.7 Å². The highest BCUT2D eigenvalue weighted by atomic mass is 16.5. The molecule has 1 atom stereocenters. The third-order valence-corrected chi connectivity index (χ3v) is 2.06.